The van der Waals surface area contributed by atoms with Gasteiger partial charge in [-0.05, 0) is 18.2 Å². The van der Waals surface area contributed by atoms with Crippen molar-refractivity contribution in [3.8, 4) is 5.69 Å². The van der Waals surface area contributed by atoms with E-state index in [1.54, 1.807) is 0 Å². The fourth-order valence-electron chi connectivity index (χ4n) is 2.63. The number of benzene rings is 1. The van der Waals surface area contributed by atoms with E-state index in [2.05, 4.69) is 15.3 Å². The van der Waals surface area contributed by atoms with E-state index in [-0.39, 0.29) is 34.9 Å². The van der Waals surface area contributed by atoms with Gasteiger partial charge in [-0.1, -0.05) is 6.07 Å². The Hall–Kier alpha value is -3.70. The van der Waals surface area contributed by atoms with E-state index in [4.69, 9.17) is 10.7 Å². The molecule has 0 atom stereocenters. The summed E-state index contributed by atoms with van der Waals surface area (Å²) in [6.07, 6.45) is 2.77. The summed E-state index contributed by atoms with van der Waals surface area (Å²) in [5, 5.41) is 18.6. The number of nitrogens with zero attached hydrogens (tertiary/aromatic N) is 2. The molecule has 0 unspecified atom stereocenters. The molecule has 150 valence electrons. The number of rotatable bonds is 7. The number of anilines is 2. The lowest BCUT2D eigenvalue weighted by atomic mass is 10.1. The molecule has 0 saturated carbocycles. The van der Waals surface area contributed by atoms with E-state index < -0.39 is 23.0 Å². The topological polar surface area (TPSA) is 112 Å². The van der Waals surface area contributed by atoms with E-state index in [0.29, 0.717) is 0 Å². The van der Waals surface area contributed by atoms with Crippen LogP contribution in [0.2, 0.25) is 0 Å². The molecule has 0 radical (unpaired) electrons. The fourth-order valence-corrected chi connectivity index (χ4v) is 2.63. The van der Waals surface area contributed by atoms with E-state index in [9.17, 15) is 18.0 Å². The van der Waals surface area contributed by atoms with Crippen LogP contribution < -0.4 is 16.4 Å². The molecule has 29 heavy (non-hydrogen) atoms. The number of hydrogen-bond acceptors (Lipinski definition) is 7. The average Bonchev–Trinajstić information content (AvgIpc) is 2.70. The molecular weight excluding hydrogens is 391 g/mol. The van der Waals surface area contributed by atoms with Crippen LogP contribution in [0.4, 0.5) is 24.7 Å². The van der Waals surface area contributed by atoms with Crippen molar-refractivity contribution in [2.45, 2.75) is 6.54 Å². The van der Waals surface area contributed by atoms with Crippen LogP contribution in [0.25, 0.3) is 5.69 Å². The van der Waals surface area contributed by atoms with Gasteiger partial charge in [0, 0.05) is 30.6 Å². The van der Waals surface area contributed by atoms with Crippen LogP contribution in [0.5, 0.6) is 0 Å². The summed E-state index contributed by atoms with van der Waals surface area (Å²) in [4.78, 5) is 20.0. The number of hydrogen-bond donors (Lipinski definition) is 4. The average molecular weight is 405 g/mol. The molecule has 3 rings (SSSR count). The summed E-state index contributed by atoms with van der Waals surface area (Å²) in [5.41, 5.74) is 0.747. The summed E-state index contributed by atoms with van der Waals surface area (Å²) >= 11 is 0. The van der Waals surface area contributed by atoms with Gasteiger partial charge in [0.15, 0.2) is 11.6 Å². The molecule has 0 saturated heterocycles. The zero-order chi connectivity index (χ0) is 21.0. The van der Waals surface area contributed by atoms with Crippen molar-refractivity contribution >= 4 is 17.7 Å². The first kappa shape index (κ1) is 20.0. The molecule has 2 aromatic heterocycles. The Morgan fingerprint density at radius 3 is 2.59 bits per heavy atom. The standard InChI is InChI=1S/C18H14F3N5O3/c19-12-2-1-3-13(20)11(12)8-23-15-4-5-26(18(27)10(15)7-22)16-6-17(25-29-28)24-9-14(16)21/h1-7,9,22-23,28H,8H2,(H,24,25). The maximum absolute atomic E-state index is 14.2. The molecule has 0 aliphatic heterocycles. The van der Waals surface area contributed by atoms with Gasteiger partial charge in [0.05, 0.1) is 23.1 Å². The maximum atomic E-state index is 14.2. The van der Waals surface area contributed by atoms with Gasteiger partial charge in [-0.15, -0.1) is 4.99 Å². The van der Waals surface area contributed by atoms with E-state index in [1.165, 1.54) is 18.3 Å². The van der Waals surface area contributed by atoms with Gasteiger partial charge in [-0.25, -0.2) is 28.9 Å². The lowest BCUT2D eigenvalue weighted by Gasteiger charge is -2.14. The second kappa shape index (κ2) is 8.54. The zero-order valence-corrected chi connectivity index (χ0v) is 14.6. The molecule has 0 aliphatic rings. The molecule has 0 bridgehead atoms. The number of aromatic nitrogens is 2. The largest absolute Gasteiger partial charge is 0.380 e. The van der Waals surface area contributed by atoms with Crippen LogP contribution in [0.3, 0.4) is 0 Å². The summed E-state index contributed by atoms with van der Waals surface area (Å²) in [6, 6.07) is 5.89. The van der Waals surface area contributed by atoms with E-state index in [1.807, 2.05) is 5.48 Å². The molecule has 8 nitrogen and oxygen atoms in total. The van der Waals surface area contributed by atoms with Crippen LogP contribution in [-0.2, 0) is 11.5 Å². The molecule has 2 heterocycles. The van der Waals surface area contributed by atoms with Crippen LogP contribution in [0.15, 0.2) is 47.5 Å². The van der Waals surface area contributed by atoms with Gasteiger partial charge in [0.25, 0.3) is 5.56 Å². The van der Waals surface area contributed by atoms with Crippen molar-refractivity contribution in [1.29, 1.82) is 5.41 Å². The Kier molecular flexibility index (Phi) is 5.90. The summed E-state index contributed by atoms with van der Waals surface area (Å²) in [6.45, 7) is -0.270. The highest BCUT2D eigenvalue weighted by Gasteiger charge is 2.15. The van der Waals surface area contributed by atoms with Crippen LogP contribution >= 0.6 is 0 Å². The molecule has 1 aromatic carbocycles. The monoisotopic (exact) mass is 405 g/mol. The Bertz CT molecular complexity index is 1100. The van der Waals surface area contributed by atoms with Gasteiger partial charge in [-0.3, -0.25) is 9.36 Å². The second-order valence-corrected chi connectivity index (χ2v) is 5.73. The van der Waals surface area contributed by atoms with Gasteiger partial charge in [0.1, 0.15) is 11.6 Å². The third kappa shape index (κ3) is 4.10. The van der Waals surface area contributed by atoms with Crippen molar-refractivity contribution in [1.82, 2.24) is 9.55 Å². The van der Waals surface area contributed by atoms with E-state index in [0.717, 1.165) is 35.2 Å². The molecule has 11 heteroatoms. The highest BCUT2D eigenvalue weighted by molar-refractivity contribution is 5.85. The first-order valence-corrected chi connectivity index (χ1v) is 8.11. The van der Waals surface area contributed by atoms with Crippen molar-refractivity contribution in [3.05, 3.63) is 81.7 Å². The molecule has 0 amide bonds. The summed E-state index contributed by atoms with van der Waals surface area (Å²) < 4.78 is 42.6. The highest BCUT2D eigenvalue weighted by atomic mass is 19.1. The quantitative estimate of drug-likeness (QED) is 0.273. The minimum atomic E-state index is -0.847. The molecule has 4 N–H and O–H groups in total. The van der Waals surface area contributed by atoms with Crippen molar-refractivity contribution in [3.63, 3.8) is 0 Å². The van der Waals surface area contributed by atoms with Gasteiger partial charge in [-0.2, -0.15) is 0 Å². The van der Waals surface area contributed by atoms with Crippen LogP contribution in [-0.4, -0.2) is 21.0 Å². The Morgan fingerprint density at radius 2 is 1.93 bits per heavy atom. The van der Waals surface area contributed by atoms with E-state index >= 15 is 0 Å². The second-order valence-electron chi connectivity index (χ2n) is 5.73. The Balaban J connectivity index is 1.98. The fraction of sp³-hybridized carbons (Fsp3) is 0.0556. The lowest BCUT2D eigenvalue weighted by molar-refractivity contribution is -0.215. The zero-order valence-electron chi connectivity index (χ0n) is 14.6. The Labute approximate surface area is 161 Å². The summed E-state index contributed by atoms with van der Waals surface area (Å²) in [7, 11) is 0. The third-order valence-electron chi connectivity index (χ3n) is 4.04. The molecule has 0 spiro atoms. The summed E-state index contributed by atoms with van der Waals surface area (Å²) in [5.74, 6) is -2.44. The SMILES string of the molecule is N=Cc1c(NCc2c(F)cccc2F)ccn(-c2cc(NOO)ncc2F)c1=O. The Morgan fingerprint density at radius 1 is 1.21 bits per heavy atom. The number of halogens is 3. The smallest absolute Gasteiger partial charge is 0.266 e. The molecule has 0 fully saturated rings. The molecule has 0 aliphatic carbocycles. The van der Waals surface area contributed by atoms with Crippen molar-refractivity contribution in [2.24, 2.45) is 0 Å². The van der Waals surface area contributed by atoms with Crippen molar-refractivity contribution in [2.75, 3.05) is 10.8 Å². The highest BCUT2D eigenvalue weighted by Crippen LogP contribution is 2.19. The minimum Gasteiger partial charge on any atom is -0.380 e. The number of nitrogens with one attached hydrogen (secondary N) is 3. The van der Waals surface area contributed by atoms with Gasteiger partial charge < -0.3 is 10.7 Å². The van der Waals surface area contributed by atoms with Gasteiger partial charge in [0.2, 0.25) is 0 Å². The maximum Gasteiger partial charge on any atom is 0.266 e. The predicted molar refractivity (Wildman–Crippen MR) is 98.7 cm³/mol. The van der Waals surface area contributed by atoms with Crippen LogP contribution in [0, 0.1) is 22.9 Å². The third-order valence-corrected chi connectivity index (χ3v) is 4.04. The molecular formula is C18H14F3N5O3. The van der Waals surface area contributed by atoms with Crippen molar-refractivity contribution < 1.29 is 23.4 Å². The molecule has 3 aromatic rings. The first-order valence-electron chi connectivity index (χ1n) is 8.11. The minimum absolute atomic E-state index is 0.0792. The van der Waals surface area contributed by atoms with Crippen LogP contribution in [0.1, 0.15) is 11.1 Å². The normalized spacial score (nSPS) is 10.6. The first-order chi connectivity index (χ1) is 14.0. The lowest BCUT2D eigenvalue weighted by Crippen LogP contribution is -2.24. The number of pyridine rings is 2. The predicted octanol–water partition coefficient (Wildman–Crippen LogP) is 3.08. The van der Waals surface area contributed by atoms with Gasteiger partial charge >= 0.3 is 0 Å².